The van der Waals surface area contributed by atoms with E-state index in [2.05, 4.69) is 0 Å². The lowest BCUT2D eigenvalue weighted by molar-refractivity contribution is -0.143. The molecule has 6 heteroatoms. The standard InChI is InChI=1S/C25H25NO5/c1-14-22(25(29)31-3)23(16-4-8-18(27)9-5-16)24-20(26-14)12-17(13-21(24)28)15-6-10-19(30-2)11-7-15/h4-11,17,22-23,27H,12-13H2,1-3H3/t17-,22?,23+/m0/s1. The molecule has 0 amide bonds. The second kappa shape index (κ2) is 8.38. The Hall–Kier alpha value is -3.41. The quantitative estimate of drug-likeness (QED) is 0.753. The van der Waals surface area contributed by atoms with Gasteiger partial charge in [0, 0.05) is 29.3 Å². The Morgan fingerprint density at radius 2 is 1.65 bits per heavy atom. The second-order valence-corrected chi connectivity index (χ2v) is 7.99. The lowest BCUT2D eigenvalue weighted by Crippen LogP contribution is -2.37. The zero-order valence-electron chi connectivity index (χ0n) is 17.8. The highest BCUT2D eigenvalue weighted by atomic mass is 16.5. The highest BCUT2D eigenvalue weighted by Gasteiger charge is 2.44. The van der Waals surface area contributed by atoms with Gasteiger partial charge in [0.15, 0.2) is 5.78 Å². The lowest BCUT2D eigenvalue weighted by Gasteiger charge is -2.36. The second-order valence-electron chi connectivity index (χ2n) is 7.99. The van der Waals surface area contributed by atoms with Gasteiger partial charge in [-0.15, -0.1) is 0 Å². The van der Waals surface area contributed by atoms with Gasteiger partial charge in [0.2, 0.25) is 0 Å². The summed E-state index contributed by atoms with van der Waals surface area (Å²) < 4.78 is 10.3. The molecule has 1 N–H and O–H groups in total. The molecule has 0 aromatic heterocycles. The minimum absolute atomic E-state index is 0.00899. The number of ether oxygens (including phenoxy) is 2. The number of Topliss-reactive ketones (excluding diaryl/α,β-unsaturated/α-hetero) is 1. The topological polar surface area (TPSA) is 85.2 Å². The van der Waals surface area contributed by atoms with Gasteiger partial charge in [-0.1, -0.05) is 24.3 Å². The maximum Gasteiger partial charge on any atom is 0.315 e. The van der Waals surface area contributed by atoms with Crippen LogP contribution >= 0.6 is 0 Å². The first-order valence-corrected chi connectivity index (χ1v) is 10.2. The number of hydrogen-bond donors (Lipinski definition) is 1. The molecule has 160 valence electrons. The van der Waals surface area contributed by atoms with Crippen LogP contribution < -0.4 is 4.74 Å². The Labute approximate surface area is 181 Å². The molecule has 0 spiro atoms. The fourth-order valence-corrected chi connectivity index (χ4v) is 4.65. The monoisotopic (exact) mass is 419 g/mol. The Balaban J connectivity index is 1.77. The summed E-state index contributed by atoms with van der Waals surface area (Å²) in [6.45, 7) is 1.81. The zero-order chi connectivity index (χ0) is 22.1. The van der Waals surface area contributed by atoms with Crippen molar-refractivity contribution >= 4 is 17.5 Å². The first-order valence-electron chi connectivity index (χ1n) is 10.2. The SMILES string of the molecule is COC(=O)C1C(C)=NC2=C(C(=O)C[C@@H](c3ccc(OC)cc3)C2)[C@@H]1c1ccc(O)cc1. The van der Waals surface area contributed by atoms with E-state index in [0.717, 1.165) is 22.6 Å². The number of ketones is 1. The van der Waals surface area contributed by atoms with Crippen molar-refractivity contribution in [3.63, 3.8) is 0 Å². The van der Waals surface area contributed by atoms with Crippen LogP contribution in [0.4, 0.5) is 0 Å². The molecule has 0 fully saturated rings. The predicted octanol–water partition coefficient (Wildman–Crippen LogP) is 4.15. The van der Waals surface area contributed by atoms with E-state index in [0.29, 0.717) is 24.1 Å². The molecule has 2 aliphatic rings. The molecule has 0 radical (unpaired) electrons. The Kier molecular flexibility index (Phi) is 5.63. The van der Waals surface area contributed by atoms with E-state index in [9.17, 15) is 14.7 Å². The molecule has 1 heterocycles. The predicted molar refractivity (Wildman–Crippen MR) is 116 cm³/mol. The number of rotatable bonds is 4. The van der Waals surface area contributed by atoms with Gasteiger partial charge < -0.3 is 14.6 Å². The number of nitrogens with zero attached hydrogens (tertiary/aromatic N) is 1. The average molecular weight is 419 g/mol. The molecule has 2 aromatic carbocycles. The minimum Gasteiger partial charge on any atom is -0.508 e. The molecule has 0 saturated carbocycles. The Bertz CT molecular complexity index is 1070. The highest BCUT2D eigenvalue weighted by Crippen LogP contribution is 2.47. The van der Waals surface area contributed by atoms with Gasteiger partial charge in [0.25, 0.3) is 0 Å². The van der Waals surface area contributed by atoms with Crippen molar-refractivity contribution in [2.45, 2.75) is 31.6 Å². The van der Waals surface area contributed by atoms with Crippen LogP contribution in [-0.4, -0.2) is 36.8 Å². The van der Waals surface area contributed by atoms with E-state index in [1.165, 1.54) is 7.11 Å². The summed E-state index contributed by atoms with van der Waals surface area (Å²) in [5.74, 6) is -0.668. The normalized spacial score (nSPS) is 23.1. The molecule has 0 bridgehead atoms. The Morgan fingerprint density at radius 1 is 1.00 bits per heavy atom. The van der Waals surface area contributed by atoms with Gasteiger partial charge in [-0.2, -0.15) is 0 Å². The van der Waals surface area contributed by atoms with Crippen LogP contribution in [0.15, 0.2) is 64.8 Å². The number of benzene rings is 2. The maximum absolute atomic E-state index is 13.4. The van der Waals surface area contributed by atoms with Gasteiger partial charge in [0.05, 0.1) is 14.2 Å². The number of phenols is 1. The molecule has 31 heavy (non-hydrogen) atoms. The third-order valence-electron chi connectivity index (χ3n) is 6.18. The summed E-state index contributed by atoms with van der Waals surface area (Å²) in [7, 11) is 2.97. The van der Waals surface area contributed by atoms with Crippen molar-refractivity contribution in [2.24, 2.45) is 10.9 Å². The van der Waals surface area contributed by atoms with E-state index in [1.807, 2.05) is 24.3 Å². The van der Waals surface area contributed by atoms with E-state index in [4.69, 9.17) is 14.5 Å². The maximum atomic E-state index is 13.4. The average Bonchev–Trinajstić information content (AvgIpc) is 2.78. The number of aromatic hydroxyl groups is 1. The number of esters is 1. The van der Waals surface area contributed by atoms with Crippen LogP contribution in [0.25, 0.3) is 0 Å². The fraction of sp³-hybridized carbons (Fsp3) is 0.320. The van der Waals surface area contributed by atoms with Crippen LogP contribution in [0.3, 0.4) is 0 Å². The third-order valence-corrected chi connectivity index (χ3v) is 6.18. The Morgan fingerprint density at radius 3 is 2.26 bits per heavy atom. The van der Waals surface area contributed by atoms with E-state index >= 15 is 0 Å². The summed E-state index contributed by atoms with van der Waals surface area (Å²) in [4.78, 5) is 30.8. The number of aliphatic imine (C=N–C) groups is 1. The summed E-state index contributed by atoms with van der Waals surface area (Å²) in [6.07, 6.45) is 0.968. The molecule has 1 aliphatic carbocycles. The first-order chi connectivity index (χ1) is 14.9. The van der Waals surface area contributed by atoms with Crippen molar-refractivity contribution in [3.05, 3.63) is 70.9 Å². The molecule has 1 aliphatic heterocycles. The largest absolute Gasteiger partial charge is 0.508 e. The molecular formula is C25H25NO5. The van der Waals surface area contributed by atoms with Gasteiger partial charge in [-0.3, -0.25) is 14.6 Å². The van der Waals surface area contributed by atoms with Crippen LogP contribution in [0.1, 0.15) is 42.7 Å². The van der Waals surface area contributed by atoms with E-state index in [1.54, 1.807) is 38.3 Å². The third kappa shape index (κ3) is 3.85. The van der Waals surface area contributed by atoms with E-state index in [-0.39, 0.29) is 17.5 Å². The summed E-state index contributed by atoms with van der Waals surface area (Å²) >= 11 is 0. The van der Waals surface area contributed by atoms with Crippen molar-refractivity contribution in [1.82, 2.24) is 0 Å². The van der Waals surface area contributed by atoms with Gasteiger partial charge >= 0.3 is 5.97 Å². The fourth-order valence-electron chi connectivity index (χ4n) is 4.65. The molecule has 3 atom stereocenters. The molecule has 0 saturated heterocycles. The van der Waals surface area contributed by atoms with Crippen LogP contribution in [-0.2, 0) is 14.3 Å². The summed E-state index contributed by atoms with van der Waals surface area (Å²) in [6, 6.07) is 14.4. The van der Waals surface area contributed by atoms with Crippen LogP contribution in [0.5, 0.6) is 11.5 Å². The summed E-state index contributed by atoms with van der Waals surface area (Å²) in [5.41, 5.74) is 3.78. The minimum atomic E-state index is -0.672. The number of phenolic OH excluding ortho intramolecular Hbond substituents is 1. The van der Waals surface area contributed by atoms with Gasteiger partial charge in [-0.05, 0) is 54.7 Å². The smallest absolute Gasteiger partial charge is 0.315 e. The van der Waals surface area contributed by atoms with Crippen LogP contribution in [0, 0.1) is 5.92 Å². The van der Waals surface area contributed by atoms with Crippen molar-refractivity contribution in [2.75, 3.05) is 14.2 Å². The molecular weight excluding hydrogens is 394 g/mol. The molecule has 2 aromatic rings. The molecule has 1 unspecified atom stereocenters. The highest BCUT2D eigenvalue weighted by molar-refractivity contribution is 6.09. The number of carbonyl (C=O) groups is 2. The number of carbonyl (C=O) groups excluding carboxylic acids is 2. The van der Waals surface area contributed by atoms with Crippen molar-refractivity contribution in [3.8, 4) is 11.5 Å². The lowest BCUT2D eigenvalue weighted by atomic mass is 9.69. The van der Waals surface area contributed by atoms with Gasteiger partial charge in [0.1, 0.15) is 17.4 Å². The number of hydrogen-bond acceptors (Lipinski definition) is 6. The first kappa shape index (κ1) is 20.8. The van der Waals surface area contributed by atoms with E-state index < -0.39 is 17.8 Å². The van der Waals surface area contributed by atoms with Crippen molar-refractivity contribution in [1.29, 1.82) is 0 Å². The van der Waals surface area contributed by atoms with Crippen LogP contribution in [0.2, 0.25) is 0 Å². The zero-order valence-corrected chi connectivity index (χ0v) is 17.8. The summed E-state index contributed by atoms with van der Waals surface area (Å²) in [5, 5.41) is 9.71. The van der Waals surface area contributed by atoms with Crippen molar-refractivity contribution < 1.29 is 24.2 Å². The number of methoxy groups -OCH3 is 2. The van der Waals surface area contributed by atoms with Gasteiger partial charge in [-0.25, -0.2) is 0 Å². The molecule has 4 rings (SSSR count). The number of allylic oxidation sites excluding steroid dienone is 2. The molecule has 6 nitrogen and oxygen atoms in total.